The van der Waals surface area contributed by atoms with Gasteiger partial charge in [0, 0.05) is 18.3 Å². The lowest BCUT2D eigenvalue weighted by Gasteiger charge is -1.95. The first kappa shape index (κ1) is 11.3. The highest BCUT2D eigenvalue weighted by Crippen LogP contribution is 2.23. The maximum atomic E-state index is 10.5. The van der Waals surface area contributed by atoms with Gasteiger partial charge in [-0.25, -0.2) is 9.78 Å². The molecule has 1 rings (SSSR count). The number of carboxylic acid groups (broad SMARTS) is 1. The summed E-state index contributed by atoms with van der Waals surface area (Å²) in [4.78, 5) is 23.8. The summed E-state index contributed by atoms with van der Waals surface area (Å²) in [7, 11) is 0. The van der Waals surface area contributed by atoms with E-state index in [2.05, 4.69) is 20.9 Å². The largest absolute Gasteiger partial charge is 0.478 e. The summed E-state index contributed by atoms with van der Waals surface area (Å²) < 4.78 is 0.111. The van der Waals surface area contributed by atoms with E-state index < -0.39 is 10.9 Å². The minimum Gasteiger partial charge on any atom is -0.478 e. The predicted molar refractivity (Wildman–Crippen MR) is 55.3 cm³/mol. The van der Waals surface area contributed by atoms with Crippen molar-refractivity contribution in [3.05, 3.63) is 38.6 Å². The van der Waals surface area contributed by atoms with Crippen LogP contribution in [0, 0.1) is 10.1 Å². The van der Waals surface area contributed by atoms with E-state index in [-0.39, 0.29) is 10.3 Å². The maximum Gasteiger partial charge on any atom is 0.328 e. The zero-order chi connectivity index (χ0) is 11.4. The number of rotatable bonds is 3. The number of aromatic nitrogens is 1. The number of nitro groups is 1. The topological polar surface area (TPSA) is 93.3 Å². The molecule has 0 aliphatic heterocycles. The summed E-state index contributed by atoms with van der Waals surface area (Å²) in [6.45, 7) is 0. The Labute approximate surface area is 92.5 Å². The molecule has 0 spiro atoms. The third-order valence-electron chi connectivity index (χ3n) is 1.46. The zero-order valence-electron chi connectivity index (χ0n) is 7.25. The molecule has 0 aliphatic rings. The molecule has 0 fully saturated rings. The highest BCUT2D eigenvalue weighted by Gasteiger charge is 2.12. The van der Waals surface area contributed by atoms with Crippen molar-refractivity contribution >= 4 is 33.7 Å². The number of hydrogen-bond donors (Lipinski definition) is 1. The number of carboxylic acids is 1. The van der Waals surface area contributed by atoms with Gasteiger partial charge in [-0.15, -0.1) is 0 Å². The first-order valence-corrected chi connectivity index (χ1v) is 4.51. The summed E-state index contributed by atoms with van der Waals surface area (Å²) in [5, 5.41) is 18.9. The number of pyridine rings is 1. The Kier molecular flexibility index (Phi) is 3.51. The lowest BCUT2D eigenvalue weighted by atomic mass is 10.2. The minimum atomic E-state index is -1.12. The summed E-state index contributed by atoms with van der Waals surface area (Å²) >= 11 is 2.92. The van der Waals surface area contributed by atoms with Gasteiger partial charge >= 0.3 is 11.7 Å². The molecule has 0 radical (unpaired) electrons. The lowest BCUT2D eigenvalue weighted by molar-refractivity contribution is -0.386. The van der Waals surface area contributed by atoms with Crippen molar-refractivity contribution in [2.45, 2.75) is 0 Å². The summed E-state index contributed by atoms with van der Waals surface area (Å²) in [5.74, 6) is -1.12. The molecule has 1 aromatic rings. The van der Waals surface area contributed by atoms with Gasteiger partial charge in [-0.3, -0.25) is 10.1 Å². The fourth-order valence-electron chi connectivity index (χ4n) is 0.839. The Bertz CT molecular complexity index is 444. The first-order chi connectivity index (χ1) is 7.00. The lowest BCUT2D eigenvalue weighted by Crippen LogP contribution is -1.92. The highest BCUT2D eigenvalue weighted by molar-refractivity contribution is 9.10. The molecule has 78 valence electrons. The summed E-state index contributed by atoms with van der Waals surface area (Å²) in [6, 6.07) is 1.23. The fourth-order valence-corrected chi connectivity index (χ4v) is 1.20. The van der Waals surface area contributed by atoms with Gasteiger partial charge in [-0.2, -0.15) is 0 Å². The molecule has 1 heterocycles. The first-order valence-electron chi connectivity index (χ1n) is 3.71. The van der Waals surface area contributed by atoms with Crippen LogP contribution in [-0.4, -0.2) is 21.0 Å². The van der Waals surface area contributed by atoms with Gasteiger partial charge < -0.3 is 5.11 Å². The average molecular weight is 273 g/mol. The number of nitrogens with zero attached hydrogens (tertiary/aromatic N) is 2. The summed E-state index contributed by atoms with van der Waals surface area (Å²) in [5.41, 5.74) is 0.148. The average Bonchev–Trinajstić information content (AvgIpc) is 2.16. The molecule has 0 unspecified atom stereocenters. The highest BCUT2D eigenvalue weighted by atomic mass is 79.9. The second-order valence-corrected chi connectivity index (χ2v) is 3.26. The van der Waals surface area contributed by atoms with E-state index in [1.807, 2.05) is 0 Å². The van der Waals surface area contributed by atoms with Crippen LogP contribution in [0.1, 0.15) is 5.56 Å². The molecule has 0 atom stereocenters. The van der Waals surface area contributed by atoms with Crippen molar-refractivity contribution in [3.8, 4) is 0 Å². The van der Waals surface area contributed by atoms with Crippen LogP contribution in [0.15, 0.2) is 22.9 Å². The van der Waals surface area contributed by atoms with E-state index in [0.717, 1.165) is 6.08 Å². The molecule has 15 heavy (non-hydrogen) atoms. The van der Waals surface area contributed by atoms with Crippen LogP contribution in [-0.2, 0) is 4.79 Å². The van der Waals surface area contributed by atoms with Crippen LogP contribution in [0.2, 0.25) is 0 Å². The molecule has 6 nitrogen and oxygen atoms in total. The normalized spacial score (nSPS) is 10.5. The van der Waals surface area contributed by atoms with E-state index in [0.29, 0.717) is 5.56 Å². The fraction of sp³-hybridized carbons (Fsp3) is 0. The van der Waals surface area contributed by atoms with Crippen molar-refractivity contribution in [2.24, 2.45) is 0 Å². The Morgan fingerprint density at radius 3 is 2.87 bits per heavy atom. The predicted octanol–water partition coefficient (Wildman–Crippen LogP) is 1.85. The molecule has 0 aliphatic carbocycles. The molecule has 0 bridgehead atoms. The maximum absolute atomic E-state index is 10.5. The SMILES string of the molecule is O=C(O)/C=C/c1cnc(Br)c([N+](=O)[O-])c1. The molecular formula is C8H5BrN2O4. The van der Waals surface area contributed by atoms with Crippen molar-refractivity contribution in [1.29, 1.82) is 0 Å². The van der Waals surface area contributed by atoms with Gasteiger partial charge in [-0.1, -0.05) is 0 Å². The Morgan fingerprint density at radius 1 is 1.67 bits per heavy atom. The Morgan fingerprint density at radius 2 is 2.33 bits per heavy atom. The summed E-state index contributed by atoms with van der Waals surface area (Å²) in [6.07, 6.45) is 3.44. The van der Waals surface area contributed by atoms with Gasteiger partial charge in [0.25, 0.3) is 0 Å². The monoisotopic (exact) mass is 272 g/mol. The molecule has 1 aromatic heterocycles. The second-order valence-electron chi connectivity index (χ2n) is 2.51. The second kappa shape index (κ2) is 4.65. The molecule has 0 saturated heterocycles. The van der Waals surface area contributed by atoms with Gasteiger partial charge in [-0.05, 0) is 27.6 Å². The third kappa shape index (κ3) is 3.13. The smallest absolute Gasteiger partial charge is 0.328 e. The number of aliphatic carboxylic acids is 1. The molecule has 1 N–H and O–H groups in total. The van der Waals surface area contributed by atoms with Crippen LogP contribution >= 0.6 is 15.9 Å². The van der Waals surface area contributed by atoms with Gasteiger partial charge in [0.15, 0.2) is 4.60 Å². The molecular weight excluding hydrogens is 268 g/mol. The van der Waals surface area contributed by atoms with Gasteiger partial charge in [0.05, 0.1) is 4.92 Å². The van der Waals surface area contributed by atoms with Crippen LogP contribution in [0.25, 0.3) is 6.08 Å². The zero-order valence-corrected chi connectivity index (χ0v) is 8.84. The van der Waals surface area contributed by atoms with E-state index in [1.165, 1.54) is 18.3 Å². The van der Waals surface area contributed by atoms with Crippen molar-refractivity contribution < 1.29 is 14.8 Å². The molecule has 7 heteroatoms. The minimum absolute atomic E-state index is 0.111. The van der Waals surface area contributed by atoms with Gasteiger partial charge in [0.1, 0.15) is 0 Å². The van der Waals surface area contributed by atoms with Crippen molar-refractivity contribution in [1.82, 2.24) is 4.98 Å². The van der Waals surface area contributed by atoms with E-state index in [1.54, 1.807) is 0 Å². The number of carbonyl (C=O) groups is 1. The number of hydrogen-bond acceptors (Lipinski definition) is 4. The van der Waals surface area contributed by atoms with Crippen molar-refractivity contribution in [2.75, 3.05) is 0 Å². The molecule has 0 aromatic carbocycles. The third-order valence-corrected chi connectivity index (χ3v) is 2.07. The van der Waals surface area contributed by atoms with Crippen LogP contribution in [0.5, 0.6) is 0 Å². The van der Waals surface area contributed by atoms with E-state index in [4.69, 9.17) is 5.11 Å². The standard InChI is InChI=1S/C8H5BrN2O4/c9-8-6(11(14)15)3-5(4-10-8)1-2-7(12)13/h1-4H,(H,12,13)/b2-1+. The quantitative estimate of drug-likeness (QED) is 0.392. The molecule has 0 amide bonds. The Hall–Kier alpha value is -1.76. The van der Waals surface area contributed by atoms with E-state index in [9.17, 15) is 14.9 Å². The molecule has 0 saturated carbocycles. The Balaban J connectivity index is 3.08. The van der Waals surface area contributed by atoms with E-state index >= 15 is 0 Å². The van der Waals surface area contributed by atoms with Crippen LogP contribution < -0.4 is 0 Å². The number of halogens is 1. The van der Waals surface area contributed by atoms with Crippen LogP contribution in [0.4, 0.5) is 5.69 Å². The van der Waals surface area contributed by atoms with Gasteiger partial charge in [0.2, 0.25) is 0 Å². The van der Waals surface area contributed by atoms with Crippen molar-refractivity contribution in [3.63, 3.8) is 0 Å². The van der Waals surface area contributed by atoms with Crippen LogP contribution in [0.3, 0.4) is 0 Å².